The SMILES string of the molecule is CCNC(=NCc1nc(C(C)C)cs1)NCCN(C)C1CCCCC1. The summed E-state index contributed by atoms with van der Waals surface area (Å²) in [6.45, 7) is 9.96. The van der Waals surface area contributed by atoms with Crippen molar-refractivity contribution in [1.29, 1.82) is 0 Å². The molecule has 6 heteroatoms. The Hall–Kier alpha value is -1.14. The molecule has 1 aliphatic carbocycles. The quantitative estimate of drug-likeness (QED) is 0.546. The van der Waals surface area contributed by atoms with Gasteiger partial charge in [-0.2, -0.15) is 0 Å². The summed E-state index contributed by atoms with van der Waals surface area (Å²) in [6, 6.07) is 0.764. The summed E-state index contributed by atoms with van der Waals surface area (Å²) in [5.74, 6) is 1.37. The average Bonchev–Trinajstić information content (AvgIpc) is 3.09. The summed E-state index contributed by atoms with van der Waals surface area (Å²) in [5, 5.41) is 10.0. The molecule has 0 unspecified atom stereocenters. The lowest BCUT2D eigenvalue weighted by Crippen LogP contribution is -2.43. The summed E-state index contributed by atoms with van der Waals surface area (Å²) in [7, 11) is 2.25. The molecule has 0 aromatic carbocycles. The van der Waals surface area contributed by atoms with Crippen LogP contribution >= 0.6 is 11.3 Å². The molecule has 5 nitrogen and oxygen atoms in total. The number of guanidine groups is 1. The van der Waals surface area contributed by atoms with E-state index in [4.69, 9.17) is 0 Å². The standard InChI is InChI=1S/C19H35N5S/c1-5-20-19(22-13-18-23-17(14-25-18)15(2)3)21-11-12-24(4)16-9-7-6-8-10-16/h14-16H,5-13H2,1-4H3,(H2,20,21,22). The van der Waals surface area contributed by atoms with Crippen LogP contribution in [-0.2, 0) is 6.54 Å². The van der Waals surface area contributed by atoms with Gasteiger partial charge < -0.3 is 15.5 Å². The van der Waals surface area contributed by atoms with Crippen LogP contribution in [0.3, 0.4) is 0 Å². The minimum Gasteiger partial charge on any atom is -0.357 e. The van der Waals surface area contributed by atoms with Gasteiger partial charge in [-0.15, -0.1) is 11.3 Å². The predicted octanol–water partition coefficient (Wildman–Crippen LogP) is 3.59. The molecule has 2 rings (SSSR count). The van der Waals surface area contributed by atoms with E-state index < -0.39 is 0 Å². The molecule has 0 spiro atoms. The van der Waals surface area contributed by atoms with E-state index in [0.29, 0.717) is 12.5 Å². The van der Waals surface area contributed by atoms with Crippen LogP contribution in [-0.4, -0.2) is 48.6 Å². The fraction of sp³-hybridized carbons (Fsp3) is 0.789. The minimum absolute atomic E-state index is 0.482. The van der Waals surface area contributed by atoms with Crippen LogP contribution in [0.25, 0.3) is 0 Å². The maximum Gasteiger partial charge on any atom is 0.191 e. The highest BCUT2D eigenvalue weighted by atomic mass is 32.1. The molecule has 1 aliphatic rings. The second-order valence-corrected chi connectivity index (χ2v) is 8.16. The number of likely N-dealkylation sites (N-methyl/N-ethyl adjacent to an activating group) is 1. The van der Waals surface area contributed by atoms with Gasteiger partial charge in [0.1, 0.15) is 5.01 Å². The van der Waals surface area contributed by atoms with E-state index in [-0.39, 0.29) is 0 Å². The lowest BCUT2D eigenvalue weighted by Gasteiger charge is -2.31. The van der Waals surface area contributed by atoms with Crippen molar-refractivity contribution in [3.05, 3.63) is 16.1 Å². The van der Waals surface area contributed by atoms with Crippen molar-refractivity contribution in [2.24, 2.45) is 4.99 Å². The van der Waals surface area contributed by atoms with E-state index in [1.807, 2.05) is 0 Å². The molecule has 1 heterocycles. The fourth-order valence-corrected chi connectivity index (χ4v) is 4.09. The molecular formula is C19H35N5S. The van der Waals surface area contributed by atoms with E-state index in [9.17, 15) is 0 Å². The summed E-state index contributed by atoms with van der Waals surface area (Å²) >= 11 is 1.70. The van der Waals surface area contributed by atoms with Crippen molar-refractivity contribution in [1.82, 2.24) is 20.5 Å². The monoisotopic (exact) mass is 365 g/mol. The highest BCUT2D eigenvalue weighted by Crippen LogP contribution is 2.21. The van der Waals surface area contributed by atoms with Gasteiger partial charge in [-0.3, -0.25) is 0 Å². The second kappa shape index (κ2) is 10.8. The van der Waals surface area contributed by atoms with Gasteiger partial charge in [0.25, 0.3) is 0 Å². The van der Waals surface area contributed by atoms with Gasteiger partial charge in [-0.25, -0.2) is 9.98 Å². The first kappa shape index (κ1) is 20.2. The van der Waals surface area contributed by atoms with Gasteiger partial charge in [0, 0.05) is 31.1 Å². The lowest BCUT2D eigenvalue weighted by molar-refractivity contribution is 0.194. The zero-order valence-electron chi connectivity index (χ0n) is 16.3. The highest BCUT2D eigenvalue weighted by molar-refractivity contribution is 7.09. The maximum absolute atomic E-state index is 4.69. The minimum atomic E-state index is 0.482. The van der Waals surface area contributed by atoms with Gasteiger partial charge in [0.05, 0.1) is 12.2 Å². The lowest BCUT2D eigenvalue weighted by atomic mass is 9.94. The van der Waals surface area contributed by atoms with Gasteiger partial charge in [-0.1, -0.05) is 33.1 Å². The molecule has 25 heavy (non-hydrogen) atoms. The number of aromatic nitrogens is 1. The number of aliphatic imine (C=N–C) groups is 1. The third kappa shape index (κ3) is 6.94. The van der Waals surface area contributed by atoms with E-state index in [1.165, 1.54) is 37.8 Å². The first-order chi connectivity index (χ1) is 12.1. The maximum atomic E-state index is 4.69. The number of hydrogen-bond donors (Lipinski definition) is 2. The largest absolute Gasteiger partial charge is 0.357 e. The van der Waals surface area contributed by atoms with Crippen LogP contribution in [0, 0.1) is 0 Å². The van der Waals surface area contributed by atoms with Crippen molar-refractivity contribution in [3.63, 3.8) is 0 Å². The van der Waals surface area contributed by atoms with Crippen LogP contribution in [0.5, 0.6) is 0 Å². The summed E-state index contributed by atoms with van der Waals surface area (Å²) in [5.41, 5.74) is 1.17. The Bertz CT molecular complexity index is 520. The fourth-order valence-electron chi connectivity index (χ4n) is 3.21. The number of thiazole rings is 1. The molecule has 0 radical (unpaired) electrons. The number of rotatable bonds is 8. The Balaban J connectivity index is 1.78. The molecule has 1 fully saturated rings. The van der Waals surface area contributed by atoms with Crippen LogP contribution in [0.15, 0.2) is 10.4 Å². The van der Waals surface area contributed by atoms with Gasteiger partial charge in [-0.05, 0) is 32.7 Å². The van der Waals surface area contributed by atoms with Crippen LogP contribution in [0.4, 0.5) is 0 Å². The van der Waals surface area contributed by atoms with Gasteiger partial charge >= 0.3 is 0 Å². The zero-order valence-corrected chi connectivity index (χ0v) is 17.2. The van der Waals surface area contributed by atoms with E-state index in [1.54, 1.807) is 11.3 Å². The van der Waals surface area contributed by atoms with Crippen molar-refractivity contribution in [3.8, 4) is 0 Å². The van der Waals surface area contributed by atoms with Crippen molar-refractivity contribution >= 4 is 17.3 Å². The van der Waals surface area contributed by atoms with E-state index in [0.717, 1.165) is 36.6 Å². The molecule has 0 amide bonds. The number of nitrogens with zero attached hydrogens (tertiary/aromatic N) is 3. The van der Waals surface area contributed by atoms with Gasteiger partial charge in [0.2, 0.25) is 0 Å². The van der Waals surface area contributed by atoms with Crippen LogP contribution in [0.1, 0.15) is 69.5 Å². The van der Waals surface area contributed by atoms with Gasteiger partial charge in [0.15, 0.2) is 5.96 Å². The van der Waals surface area contributed by atoms with Crippen LogP contribution < -0.4 is 10.6 Å². The van der Waals surface area contributed by atoms with E-state index in [2.05, 4.69) is 58.7 Å². The Kier molecular flexibility index (Phi) is 8.68. The van der Waals surface area contributed by atoms with E-state index >= 15 is 0 Å². The number of nitrogens with one attached hydrogen (secondary N) is 2. The highest BCUT2D eigenvalue weighted by Gasteiger charge is 2.17. The molecule has 1 saturated carbocycles. The Morgan fingerprint density at radius 2 is 2.08 bits per heavy atom. The first-order valence-corrected chi connectivity index (χ1v) is 10.6. The Labute approximate surface area is 157 Å². The molecule has 0 aliphatic heterocycles. The Morgan fingerprint density at radius 1 is 1.32 bits per heavy atom. The summed E-state index contributed by atoms with van der Waals surface area (Å²) < 4.78 is 0. The molecule has 1 aromatic rings. The molecule has 0 bridgehead atoms. The molecule has 0 atom stereocenters. The van der Waals surface area contributed by atoms with Crippen molar-refractivity contribution in [2.45, 2.75) is 71.4 Å². The topological polar surface area (TPSA) is 52.6 Å². The average molecular weight is 366 g/mol. The summed E-state index contributed by atoms with van der Waals surface area (Å²) in [4.78, 5) is 11.9. The predicted molar refractivity (Wildman–Crippen MR) is 109 cm³/mol. The van der Waals surface area contributed by atoms with Crippen molar-refractivity contribution < 1.29 is 0 Å². The molecule has 2 N–H and O–H groups in total. The molecular weight excluding hydrogens is 330 g/mol. The first-order valence-electron chi connectivity index (χ1n) is 9.76. The zero-order chi connectivity index (χ0) is 18.1. The Morgan fingerprint density at radius 3 is 2.72 bits per heavy atom. The second-order valence-electron chi connectivity index (χ2n) is 7.22. The molecule has 142 valence electrons. The third-order valence-corrected chi connectivity index (χ3v) is 5.68. The summed E-state index contributed by atoms with van der Waals surface area (Å²) in [6.07, 6.45) is 6.90. The van der Waals surface area contributed by atoms with Crippen LogP contribution in [0.2, 0.25) is 0 Å². The molecule has 0 saturated heterocycles. The normalized spacial score (nSPS) is 16.6. The molecule has 1 aromatic heterocycles. The smallest absolute Gasteiger partial charge is 0.191 e. The number of hydrogen-bond acceptors (Lipinski definition) is 4. The van der Waals surface area contributed by atoms with Crippen molar-refractivity contribution in [2.75, 3.05) is 26.7 Å². The third-order valence-electron chi connectivity index (χ3n) is 4.83.